The largest absolute Gasteiger partial charge is 0.370 e. The third-order valence-corrected chi connectivity index (χ3v) is 3.12. The number of carbonyl (C=O) groups excluding carboxylic acids is 1. The van der Waals surface area contributed by atoms with Crippen LogP contribution < -0.4 is 5.32 Å². The number of nitrogens with zero attached hydrogens (tertiary/aromatic N) is 3. The molecule has 1 rings (SSSR count). The molecule has 0 aliphatic carbocycles. The van der Waals surface area contributed by atoms with Crippen LogP contribution in [0.2, 0.25) is 0 Å². The standard InChI is InChI=1S/C15H22N4O/c1-5-8-17-14-10-13(9-11(2)18-14)15(20)19(4)12(3)6-7-16/h9-10,12H,5-6,8H2,1-4H3,(H,17,18). The number of hydrogen-bond donors (Lipinski definition) is 1. The molecule has 0 saturated heterocycles. The molecule has 1 amide bonds. The molecule has 0 saturated carbocycles. The van der Waals surface area contributed by atoms with E-state index in [1.807, 2.05) is 13.8 Å². The van der Waals surface area contributed by atoms with Crippen molar-refractivity contribution in [3.63, 3.8) is 0 Å². The van der Waals surface area contributed by atoms with Gasteiger partial charge in [-0.15, -0.1) is 0 Å². The van der Waals surface area contributed by atoms with Crippen LogP contribution in [0.15, 0.2) is 12.1 Å². The zero-order valence-corrected chi connectivity index (χ0v) is 12.6. The van der Waals surface area contributed by atoms with E-state index < -0.39 is 0 Å². The molecule has 0 aliphatic rings. The predicted molar refractivity (Wildman–Crippen MR) is 79.5 cm³/mol. The van der Waals surface area contributed by atoms with Gasteiger partial charge in [0.05, 0.1) is 12.5 Å². The summed E-state index contributed by atoms with van der Waals surface area (Å²) >= 11 is 0. The Hall–Kier alpha value is -2.09. The minimum absolute atomic E-state index is 0.0854. The van der Waals surface area contributed by atoms with Crippen molar-refractivity contribution in [1.29, 1.82) is 5.26 Å². The van der Waals surface area contributed by atoms with Crippen molar-refractivity contribution >= 4 is 11.7 Å². The molecule has 0 radical (unpaired) electrons. The first-order valence-corrected chi connectivity index (χ1v) is 6.86. The first-order chi connectivity index (χ1) is 9.49. The van der Waals surface area contributed by atoms with Gasteiger partial charge in [-0.25, -0.2) is 4.98 Å². The zero-order valence-electron chi connectivity index (χ0n) is 12.6. The van der Waals surface area contributed by atoms with Gasteiger partial charge in [-0.1, -0.05) is 6.92 Å². The number of hydrogen-bond acceptors (Lipinski definition) is 4. The van der Waals surface area contributed by atoms with Gasteiger partial charge in [0.1, 0.15) is 5.82 Å². The smallest absolute Gasteiger partial charge is 0.254 e. The Bertz CT molecular complexity index is 507. The molecule has 0 aromatic carbocycles. The fourth-order valence-electron chi connectivity index (χ4n) is 1.81. The molecule has 0 aliphatic heterocycles. The van der Waals surface area contributed by atoms with Gasteiger partial charge in [0.15, 0.2) is 0 Å². The average Bonchev–Trinajstić information content (AvgIpc) is 2.43. The molecule has 0 fully saturated rings. The van der Waals surface area contributed by atoms with Gasteiger partial charge in [-0.3, -0.25) is 4.79 Å². The SMILES string of the molecule is CCCNc1cc(C(=O)N(C)C(C)CC#N)cc(C)n1. The van der Waals surface area contributed by atoms with Crippen LogP contribution in [0, 0.1) is 18.3 Å². The van der Waals surface area contributed by atoms with Crippen molar-refractivity contribution < 1.29 is 4.79 Å². The second-order valence-electron chi connectivity index (χ2n) is 4.94. The summed E-state index contributed by atoms with van der Waals surface area (Å²) in [6, 6.07) is 5.52. The number of amides is 1. The lowest BCUT2D eigenvalue weighted by Gasteiger charge is -2.23. The Morgan fingerprint density at radius 3 is 2.85 bits per heavy atom. The summed E-state index contributed by atoms with van der Waals surface area (Å²) in [5.41, 5.74) is 1.40. The highest BCUT2D eigenvalue weighted by Gasteiger charge is 2.18. The molecule has 5 heteroatoms. The topological polar surface area (TPSA) is 69.0 Å². The summed E-state index contributed by atoms with van der Waals surface area (Å²) in [6.45, 7) is 6.63. The number of aromatic nitrogens is 1. The van der Waals surface area contributed by atoms with Crippen LogP contribution in [0.25, 0.3) is 0 Å². The monoisotopic (exact) mass is 274 g/mol. The Balaban J connectivity index is 2.92. The first-order valence-electron chi connectivity index (χ1n) is 6.86. The van der Waals surface area contributed by atoms with Crippen molar-refractivity contribution in [2.24, 2.45) is 0 Å². The molecule has 1 unspecified atom stereocenters. The van der Waals surface area contributed by atoms with Crippen LogP contribution in [-0.4, -0.2) is 35.4 Å². The predicted octanol–water partition coefficient (Wildman–Crippen LogP) is 2.59. The molecule has 1 aromatic heterocycles. The van der Waals surface area contributed by atoms with E-state index in [1.54, 1.807) is 24.1 Å². The third kappa shape index (κ3) is 4.23. The van der Waals surface area contributed by atoms with Crippen molar-refractivity contribution in [2.45, 2.75) is 39.7 Å². The van der Waals surface area contributed by atoms with Gasteiger partial charge in [-0.05, 0) is 32.4 Å². The lowest BCUT2D eigenvalue weighted by Crippen LogP contribution is -2.35. The molecule has 0 bridgehead atoms. The van der Waals surface area contributed by atoms with Gasteiger partial charge < -0.3 is 10.2 Å². The number of rotatable bonds is 6. The first kappa shape index (κ1) is 16.0. The molecule has 1 heterocycles. The quantitative estimate of drug-likeness (QED) is 0.865. The number of aryl methyl sites for hydroxylation is 1. The van der Waals surface area contributed by atoms with Crippen molar-refractivity contribution in [1.82, 2.24) is 9.88 Å². The third-order valence-electron chi connectivity index (χ3n) is 3.12. The number of nitrogens with one attached hydrogen (secondary N) is 1. The molecular weight excluding hydrogens is 252 g/mol. The van der Waals surface area contributed by atoms with Crippen molar-refractivity contribution in [3.05, 3.63) is 23.4 Å². The minimum atomic E-state index is -0.104. The summed E-state index contributed by atoms with van der Waals surface area (Å²) < 4.78 is 0. The molecule has 1 aromatic rings. The van der Waals surface area contributed by atoms with E-state index in [2.05, 4.69) is 23.3 Å². The van der Waals surface area contributed by atoms with Gasteiger partial charge >= 0.3 is 0 Å². The maximum absolute atomic E-state index is 12.4. The lowest BCUT2D eigenvalue weighted by atomic mass is 10.1. The Morgan fingerprint density at radius 2 is 2.25 bits per heavy atom. The summed E-state index contributed by atoms with van der Waals surface area (Å²) in [4.78, 5) is 18.4. The highest BCUT2D eigenvalue weighted by molar-refractivity contribution is 5.95. The second-order valence-corrected chi connectivity index (χ2v) is 4.94. The second kappa shape index (κ2) is 7.49. The van der Waals surface area contributed by atoms with Gasteiger partial charge in [-0.2, -0.15) is 5.26 Å². The summed E-state index contributed by atoms with van der Waals surface area (Å²) in [6.07, 6.45) is 1.32. The summed E-state index contributed by atoms with van der Waals surface area (Å²) in [7, 11) is 1.72. The Kier molecular flexibility index (Phi) is 5.98. The summed E-state index contributed by atoms with van der Waals surface area (Å²) in [5.74, 6) is 0.634. The minimum Gasteiger partial charge on any atom is -0.370 e. The normalized spacial score (nSPS) is 11.6. The number of anilines is 1. The van der Waals surface area contributed by atoms with E-state index in [4.69, 9.17) is 5.26 Å². The Morgan fingerprint density at radius 1 is 1.55 bits per heavy atom. The van der Waals surface area contributed by atoms with Crippen LogP contribution in [0.1, 0.15) is 42.7 Å². The molecule has 1 atom stereocenters. The number of pyridine rings is 1. The highest BCUT2D eigenvalue weighted by atomic mass is 16.2. The van der Waals surface area contributed by atoms with Gasteiger partial charge in [0.2, 0.25) is 0 Å². The molecule has 0 spiro atoms. The van der Waals surface area contributed by atoms with E-state index in [0.29, 0.717) is 12.0 Å². The zero-order chi connectivity index (χ0) is 15.1. The molecule has 5 nitrogen and oxygen atoms in total. The Labute approximate surface area is 120 Å². The fraction of sp³-hybridized carbons (Fsp3) is 0.533. The fourth-order valence-corrected chi connectivity index (χ4v) is 1.81. The van der Waals surface area contributed by atoms with Crippen LogP contribution in [0.5, 0.6) is 0 Å². The van der Waals surface area contributed by atoms with Crippen LogP contribution >= 0.6 is 0 Å². The van der Waals surface area contributed by atoms with Crippen molar-refractivity contribution in [2.75, 3.05) is 18.9 Å². The maximum Gasteiger partial charge on any atom is 0.254 e. The van der Waals surface area contributed by atoms with Crippen LogP contribution in [0.3, 0.4) is 0 Å². The van der Waals surface area contributed by atoms with Crippen LogP contribution in [-0.2, 0) is 0 Å². The van der Waals surface area contributed by atoms with E-state index in [9.17, 15) is 4.79 Å². The number of nitriles is 1. The van der Waals surface area contributed by atoms with E-state index in [-0.39, 0.29) is 11.9 Å². The molecule has 20 heavy (non-hydrogen) atoms. The van der Waals surface area contributed by atoms with E-state index in [1.165, 1.54) is 0 Å². The maximum atomic E-state index is 12.4. The van der Waals surface area contributed by atoms with Crippen molar-refractivity contribution in [3.8, 4) is 6.07 Å². The number of carbonyl (C=O) groups is 1. The molecule has 1 N–H and O–H groups in total. The van der Waals surface area contributed by atoms with E-state index >= 15 is 0 Å². The lowest BCUT2D eigenvalue weighted by molar-refractivity contribution is 0.0746. The molecule has 108 valence electrons. The van der Waals surface area contributed by atoms with Gasteiger partial charge in [0.25, 0.3) is 5.91 Å². The van der Waals surface area contributed by atoms with E-state index in [0.717, 1.165) is 24.5 Å². The average molecular weight is 274 g/mol. The summed E-state index contributed by atoms with van der Waals surface area (Å²) in [5, 5.41) is 11.9. The highest BCUT2D eigenvalue weighted by Crippen LogP contribution is 2.14. The van der Waals surface area contributed by atoms with Gasteiger partial charge in [0, 0.05) is 30.9 Å². The molecular formula is C15H22N4O. The van der Waals surface area contributed by atoms with Crippen LogP contribution in [0.4, 0.5) is 5.82 Å².